The lowest BCUT2D eigenvalue weighted by molar-refractivity contribution is -0.140. The van der Waals surface area contributed by atoms with Gasteiger partial charge in [0.05, 0.1) is 0 Å². The van der Waals surface area contributed by atoms with E-state index in [1.807, 2.05) is 55.5 Å². The zero-order valence-corrected chi connectivity index (χ0v) is 19.0. The minimum atomic E-state index is -0.588. The monoisotopic (exact) mass is 440 g/mol. The number of ketones is 2. The van der Waals surface area contributed by atoms with Gasteiger partial charge < -0.3 is 9.40 Å². The van der Waals surface area contributed by atoms with E-state index in [0.29, 0.717) is 16.7 Å². The molecule has 4 aromatic rings. The van der Waals surface area contributed by atoms with Crippen LogP contribution in [0, 0.1) is 6.92 Å². The second kappa shape index (κ2) is 8.82. The third-order valence-electron chi connectivity index (χ3n) is 5.73. The summed E-state index contributed by atoms with van der Waals surface area (Å²) in [4.78, 5) is 41.6. The zero-order chi connectivity index (χ0) is 23.7. The Kier molecular flexibility index (Phi) is 5.92. The Balaban J connectivity index is 1.85. The van der Waals surface area contributed by atoms with Crippen LogP contribution in [0.2, 0.25) is 0 Å². The Morgan fingerprint density at radius 2 is 1.48 bits per heavy atom. The van der Waals surface area contributed by atoms with Crippen molar-refractivity contribution in [2.75, 3.05) is 0 Å². The summed E-state index contributed by atoms with van der Waals surface area (Å²) in [5.74, 6) is -0.957. The highest BCUT2D eigenvalue weighted by Gasteiger charge is 2.18. The molecule has 166 valence electrons. The van der Waals surface area contributed by atoms with Crippen molar-refractivity contribution in [3.05, 3.63) is 82.9 Å². The minimum absolute atomic E-state index is 0.0380. The van der Waals surface area contributed by atoms with Crippen molar-refractivity contribution in [3.63, 3.8) is 0 Å². The van der Waals surface area contributed by atoms with Gasteiger partial charge in [-0.15, -0.1) is 0 Å². The molecule has 0 atom stereocenters. The number of aromatic nitrogens is 1. The predicted molar refractivity (Wildman–Crippen MR) is 129 cm³/mol. The predicted octanol–water partition coefficient (Wildman–Crippen LogP) is 5.48. The fraction of sp³-hybridized carbons (Fsp3) is 0.185. The van der Waals surface area contributed by atoms with E-state index in [0.717, 1.165) is 33.9 Å². The first kappa shape index (κ1) is 22.1. The maximum absolute atomic E-state index is 13.2. The van der Waals surface area contributed by atoms with Crippen molar-refractivity contribution in [2.24, 2.45) is 5.16 Å². The number of oxime groups is 1. The molecule has 6 heteroatoms. The van der Waals surface area contributed by atoms with Gasteiger partial charge in [-0.1, -0.05) is 29.4 Å². The molecule has 6 nitrogen and oxygen atoms in total. The largest absolute Gasteiger partial charge is 0.341 e. The normalized spacial score (nSPS) is 11.7. The van der Waals surface area contributed by atoms with E-state index in [1.165, 1.54) is 13.8 Å². The Morgan fingerprint density at radius 3 is 2.09 bits per heavy atom. The SMILES string of the molecule is CCn1c2ccc(C(=O)/C(C)=N/OC(C)=O)cc2c2cc(C(=O)c3ccccc3C)ccc21. The highest BCUT2D eigenvalue weighted by atomic mass is 16.7. The number of benzene rings is 3. The Labute approximate surface area is 191 Å². The van der Waals surface area contributed by atoms with E-state index >= 15 is 0 Å². The molecule has 0 radical (unpaired) electrons. The summed E-state index contributed by atoms with van der Waals surface area (Å²) in [6, 6.07) is 18.7. The third kappa shape index (κ3) is 4.07. The lowest BCUT2D eigenvalue weighted by atomic mass is 9.97. The van der Waals surface area contributed by atoms with Gasteiger partial charge in [-0.25, -0.2) is 4.79 Å². The zero-order valence-electron chi connectivity index (χ0n) is 19.0. The summed E-state index contributed by atoms with van der Waals surface area (Å²) < 4.78 is 2.15. The van der Waals surface area contributed by atoms with Crippen LogP contribution in [0.4, 0.5) is 0 Å². The first-order valence-corrected chi connectivity index (χ1v) is 10.7. The van der Waals surface area contributed by atoms with Gasteiger partial charge in [-0.2, -0.15) is 0 Å². The second-order valence-corrected chi connectivity index (χ2v) is 7.94. The smallest absolute Gasteiger partial charge is 0.331 e. The van der Waals surface area contributed by atoms with E-state index in [4.69, 9.17) is 0 Å². The first-order chi connectivity index (χ1) is 15.8. The maximum atomic E-state index is 13.2. The Bertz CT molecular complexity index is 1460. The lowest BCUT2D eigenvalue weighted by Gasteiger charge is -2.06. The van der Waals surface area contributed by atoms with Crippen molar-refractivity contribution in [1.82, 2.24) is 4.57 Å². The average Bonchev–Trinajstić information content (AvgIpc) is 3.14. The van der Waals surface area contributed by atoms with Crippen LogP contribution >= 0.6 is 0 Å². The number of aryl methyl sites for hydroxylation is 2. The first-order valence-electron chi connectivity index (χ1n) is 10.7. The van der Waals surface area contributed by atoms with Gasteiger partial charge in [0.1, 0.15) is 5.71 Å². The number of fused-ring (bicyclic) bond motifs is 3. The topological polar surface area (TPSA) is 77.7 Å². The molecule has 0 aliphatic carbocycles. The quantitative estimate of drug-likeness (QED) is 0.172. The molecule has 3 aromatic carbocycles. The van der Waals surface area contributed by atoms with E-state index in [2.05, 4.69) is 21.5 Å². The standard InChI is InChI=1S/C27H24N2O4/c1-5-29-24-12-10-19(26(31)17(3)28-33-18(4)30)14-22(24)23-15-20(11-13-25(23)29)27(32)21-9-7-6-8-16(21)2/h6-15H,5H2,1-4H3/b28-17+. The molecule has 0 aliphatic rings. The molecule has 0 bridgehead atoms. The van der Waals surface area contributed by atoms with Gasteiger partial charge in [0.25, 0.3) is 0 Å². The Hall–Kier alpha value is -4.06. The van der Waals surface area contributed by atoms with Crippen molar-refractivity contribution in [3.8, 4) is 0 Å². The minimum Gasteiger partial charge on any atom is -0.341 e. The lowest BCUT2D eigenvalue weighted by Crippen LogP contribution is -2.11. The molecular weight excluding hydrogens is 416 g/mol. The molecule has 0 spiro atoms. The molecule has 1 aromatic heterocycles. The van der Waals surface area contributed by atoms with Crippen molar-refractivity contribution >= 4 is 45.1 Å². The summed E-state index contributed by atoms with van der Waals surface area (Å²) in [6.07, 6.45) is 0. The van der Waals surface area contributed by atoms with Gasteiger partial charge in [-0.3, -0.25) is 9.59 Å². The fourth-order valence-electron chi connectivity index (χ4n) is 4.09. The summed E-state index contributed by atoms with van der Waals surface area (Å²) in [7, 11) is 0. The van der Waals surface area contributed by atoms with Crippen LogP contribution in [0.1, 0.15) is 52.6 Å². The molecule has 0 aliphatic heterocycles. The van der Waals surface area contributed by atoms with Crippen LogP contribution < -0.4 is 0 Å². The Morgan fingerprint density at radius 1 is 0.879 bits per heavy atom. The second-order valence-electron chi connectivity index (χ2n) is 7.94. The van der Waals surface area contributed by atoms with Crippen molar-refractivity contribution in [2.45, 2.75) is 34.2 Å². The number of Topliss-reactive ketones (excluding diaryl/α,β-unsaturated/α-hetero) is 1. The third-order valence-corrected chi connectivity index (χ3v) is 5.73. The number of carbonyl (C=O) groups excluding carboxylic acids is 3. The number of hydrogen-bond acceptors (Lipinski definition) is 5. The fourth-order valence-corrected chi connectivity index (χ4v) is 4.09. The molecule has 0 N–H and O–H groups in total. The van der Waals surface area contributed by atoms with Gasteiger partial charge in [0.15, 0.2) is 5.78 Å². The highest BCUT2D eigenvalue weighted by molar-refractivity contribution is 6.45. The van der Waals surface area contributed by atoms with Gasteiger partial charge in [-0.05, 0) is 62.7 Å². The van der Waals surface area contributed by atoms with Crippen LogP contribution in [-0.4, -0.2) is 27.8 Å². The maximum Gasteiger partial charge on any atom is 0.331 e. The van der Waals surface area contributed by atoms with E-state index < -0.39 is 5.97 Å². The van der Waals surface area contributed by atoms with Crippen molar-refractivity contribution in [1.29, 1.82) is 0 Å². The summed E-state index contributed by atoms with van der Waals surface area (Å²) in [6.45, 7) is 7.45. The van der Waals surface area contributed by atoms with Crippen LogP contribution in [0.5, 0.6) is 0 Å². The van der Waals surface area contributed by atoms with Crippen LogP contribution in [0.3, 0.4) is 0 Å². The van der Waals surface area contributed by atoms with E-state index in [-0.39, 0.29) is 17.3 Å². The number of carbonyl (C=O) groups is 3. The van der Waals surface area contributed by atoms with E-state index in [9.17, 15) is 14.4 Å². The van der Waals surface area contributed by atoms with Gasteiger partial charge >= 0.3 is 5.97 Å². The highest BCUT2D eigenvalue weighted by Crippen LogP contribution is 2.31. The van der Waals surface area contributed by atoms with Crippen LogP contribution in [0.15, 0.2) is 65.8 Å². The number of hydrogen-bond donors (Lipinski definition) is 0. The van der Waals surface area contributed by atoms with Crippen LogP contribution in [-0.2, 0) is 16.2 Å². The molecule has 0 saturated heterocycles. The van der Waals surface area contributed by atoms with Crippen LogP contribution in [0.25, 0.3) is 21.8 Å². The van der Waals surface area contributed by atoms with Gasteiger partial charge in [0.2, 0.25) is 5.78 Å². The molecule has 4 rings (SSSR count). The van der Waals surface area contributed by atoms with Crippen molar-refractivity contribution < 1.29 is 19.2 Å². The molecule has 0 amide bonds. The molecule has 0 fully saturated rings. The average molecular weight is 440 g/mol. The molecular formula is C27H24N2O4. The summed E-state index contributed by atoms with van der Waals surface area (Å²) in [5, 5.41) is 5.38. The van der Waals surface area contributed by atoms with E-state index in [1.54, 1.807) is 12.1 Å². The molecule has 0 unspecified atom stereocenters. The number of rotatable bonds is 6. The van der Waals surface area contributed by atoms with Gasteiger partial charge in [0, 0.05) is 52.0 Å². The number of nitrogens with zero attached hydrogens (tertiary/aromatic N) is 2. The summed E-state index contributed by atoms with van der Waals surface area (Å²) in [5.41, 5.74) is 4.67. The molecule has 1 heterocycles. The summed E-state index contributed by atoms with van der Waals surface area (Å²) >= 11 is 0. The molecule has 33 heavy (non-hydrogen) atoms. The molecule has 0 saturated carbocycles.